The van der Waals surface area contributed by atoms with Crippen molar-refractivity contribution >= 4 is 22.1 Å². The minimum Gasteiger partial charge on any atom is -0.456 e. The van der Waals surface area contributed by atoms with E-state index in [9.17, 15) is 26.8 Å². The van der Waals surface area contributed by atoms with E-state index >= 15 is 0 Å². The van der Waals surface area contributed by atoms with Crippen molar-refractivity contribution in [2.75, 3.05) is 0 Å². The lowest BCUT2D eigenvalue weighted by Gasteiger charge is -2.50. The maximum atomic E-state index is 13.5. The predicted octanol–water partition coefficient (Wildman–Crippen LogP) is 2.86. The molecule has 154 valence electrons. The molecule has 10 heteroatoms. The van der Waals surface area contributed by atoms with Gasteiger partial charge in [-0.1, -0.05) is 6.58 Å². The Labute approximate surface area is 156 Å². The van der Waals surface area contributed by atoms with Gasteiger partial charge in [0.15, 0.2) is 0 Å². The van der Waals surface area contributed by atoms with Gasteiger partial charge in [0.05, 0.1) is 0 Å². The number of ether oxygens (including phenoxy) is 2. The standard InChI is InChI=1S/C17H24F2O7S/c1-10(2)13(20)25-15(3)6-11-5-12(7-15)9-16(4,8-11)26-14(21)17(18,19)27(22,23)24/h11-12H,1,5-9H2,2-4H3,(H,22,23,24). The smallest absolute Gasteiger partial charge is 0.456 e. The molecule has 1 N–H and O–H groups in total. The molecule has 0 heterocycles. The van der Waals surface area contributed by atoms with Crippen LogP contribution in [0.15, 0.2) is 12.2 Å². The van der Waals surface area contributed by atoms with Gasteiger partial charge >= 0.3 is 27.3 Å². The summed E-state index contributed by atoms with van der Waals surface area (Å²) in [6.45, 7) is 8.36. The van der Waals surface area contributed by atoms with Crippen molar-refractivity contribution in [3.63, 3.8) is 0 Å². The van der Waals surface area contributed by atoms with Crippen LogP contribution in [-0.4, -0.2) is 41.4 Å². The molecule has 0 aliphatic heterocycles. The Balaban J connectivity index is 2.11. The molecule has 2 rings (SSSR count). The summed E-state index contributed by atoms with van der Waals surface area (Å²) in [5.41, 5.74) is -1.75. The van der Waals surface area contributed by atoms with Crippen molar-refractivity contribution in [1.82, 2.24) is 0 Å². The van der Waals surface area contributed by atoms with Gasteiger partial charge in [-0.25, -0.2) is 9.59 Å². The number of carbonyl (C=O) groups excluding carboxylic acids is 2. The zero-order chi connectivity index (χ0) is 20.8. The van der Waals surface area contributed by atoms with E-state index in [4.69, 9.17) is 14.0 Å². The molecule has 0 aromatic heterocycles. The summed E-state index contributed by atoms with van der Waals surface area (Å²) in [5, 5.41) is -5.02. The Morgan fingerprint density at radius 3 is 1.85 bits per heavy atom. The molecule has 2 bridgehead atoms. The van der Waals surface area contributed by atoms with Gasteiger partial charge in [-0.15, -0.1) is 0 Å². The lowest BCUT2D eigenvalue weighted by molar-refractivity contribution is -0.190. The molecule has 0 amide bonds. The molecule has 0 saturated heterocycles. The van der Waals surface area contributed by atoms with E-state index in [2.05, 4.69) is 6.58 Å². The number of hydrogen-bond acceptors (Lipinski definition) is 6. The number of rotatable bonds is 5. The molecule has 2 aliphatic carbocycles. The second-order valence-corrected chi connectivity index (χ2v) is 9.70. The lowest BCUT2D eigenvalue weighted by atomic mass is 9.62. The average molecular weight is 410 g/mol. The summed E-state index contributed by atoms with van der Waals surface area (Å²) in [4.78, 5) is 23.5. The first-order chi connectivity index (χ1) is 12.1. The van der Waals surface area contributed by atoms with Crippen molar-refractivity contribution in [2.24, 2.45) is 11.8 Å². The largest absolute Gasteiger partial charge is 0.465 e. The predicted molar refractivity (Wildman–Crippen MR) is 90.4 cm³/mol. The average Bonchev–Trinajstić information content (AvgIpc) is 2.42. The number of hydrogen-bond donors (Lipinski definition) is 1. The molecule has 2 atom stereocenters. The second kappa shape index (κ2) is 6.80. The monoisotopic (exact) mass is 410 g/mol. The first-order valence-corrected chi connectivity index (χ1v) is 9.98. The zero-order valence-electron chi connectivity index (χ0n) is 15.5. The highest BCUT2D eigenvalue weighted by molar-refractivity contribution is 7.87. The van der Waals surface area contributed by atoms with Gasteiger partial charge in [0, 0.05) is 5.57 Å². The van der Waals surface area contributed by atoms with Gasteiger partial charge < -0.3 is 9.47 Å². The molecular formula is C17H24F2O7S. The van der Waals surface area contributed by atoms with Crippen molar-refractivity contribution in [3.8, 4) is 0 Å². The highest BCUT2D eigenvalue weighted by atomic mass is 32.2. The number of carbonyl (C=O) groups is 2. The maximum Gasteiger partial charge on any atom is 0.465 e. The Bertz CT molecular complexity index is 745. The number of halogens is 2. The zero-order valence-corrected chi connectivity index (χ0v) is 16.3. The maximum absolute atomic E-state index is 13.5. The Kier molecular flexibility index (Phi) is 5.48. The summed E-state index contributed by atoms with van der Waals surface area (Å²) in [6, 6.07) is 0. The molecule has 2 unspecified atom stereocenters. The molecule has 0 radical (unpaired) electrons. The fraction of sp³-hybridized carbons (Fsp3) is 0.765. The first-order valence-electron chi connectivity index (χ1n) is 8.54. The molecule has 0 aromatic rings. The fourth-order valence-corrected chi connectivity index (χ4v) is 4.68. The Morgan fingerprint density at radius 1 is 1.07 bits per heavy atom. The van der Waals surface area contributed by atoms with E-state index in [-0.39, 0.29) is 30.3 Å². The molecular weight excluding hydrogens is 386 g/mol. The van der Waals surface area contributed by atoms with Crippen LogP contribution in [0.25, 0.3) is 0 Å². The van der Waals surface area contributed by atoms with Crippen LogP contribution in [0, 0.1) is 11.8 Å². The molecule has 2 saturated carbocycles. The van der Waals surface area contributed by atoms with E-state index in [0.29, 0.717) is 12.8 Å². The summed E-state index contributed by atoms with van der Waals surface area (Å²) in [5.74, 6) is -2.90. The molecule has 0 aromatic carbocycles. The van der Waals surface area contributed by atoms with Crippen LogP contribution in [0.1, 0.15) is 52.9 Å². The van der Waals surface area contributed by atoms with E-state index in [1.54, 1.807) is 13.8 Å². The summed E-state index contributed by atoms with van der Waals surface area (Å²) in [6.07, 6.45) is 2.13. The Hall–Kier alpha value is -1.55. The number of alkyl halides is 2. The highest BCUT2D eigenvalue weighted by Crippen LogP contribution is 2.50. The topological polar surface area (TPSA) is 107 Å². The normalized spacial score (nSPS) is 33.9. The number of fused-ring (bicyclic) bond motifs is 2. The van der Waals surface area contributed by atoms with E-state index in [0.717, 1.165) is 6.42 Å². The van der Waals surface area contributed by atoms with Crippen LogP contribution in [0.3, 0.4) is 0 Å². The van der Waals surface area contributed by atoms with Crippen LogP contribution < -0.4 is 0 Å². The van der Waals surface area contributed by atoms with Crippen molar-refractivity contribution in [1.29, 1.82) is 0 Å². The lowest BCUT2D eigenvalue weighted by Crippen LogP contribution is -2.51. The summed E-state index contributed by atoms with van der Waals surface area (Å²) >= 11 is 0. The second-order valence-electron chi connectivity index (χ2n) is 8.24. The van der Waals surface area contributed by atoms with E-state index in [1.165, 1.54) is 6.92 Å². The molecule has 7 nitrogen and oxygen atoms in total. The van der Waals surface area contributed by atoms with Crippen molar-refractivity contribution in [3.05, 3.63) is 12.2 Å². The van der Waals surface area contributed by atoms with Crippen molar-refractivity contribution in [2.45, 2.75) is 69.3 Å². The van der Waals surface area contributed by atoms with Gasteiger partial charge in [0.1, 0.15) is 11.2 Å². The molecule has 2 fully saturated rings. The summed E-state index contributed by atoms with van der Waals surface area (Å²) in [7, 11) is -5.91. The summed E-state index contributed by atoms with van der Waals surface area (Å²) < 4.78 is 67.4. The van der Waals surface area contributed by atoms with E-state index < -0.39 is 38.5 Å². The third kappa shape index (κ3) is 4.66. The molecule has 2 aliphatic rings. The third-order valence-electron chi connectivity index (χ3n) is 5.14. The third-order valence-corrected chi connectivity index (χ3v) is 5.95. The first kappa shape index (κ1) is 21.7. The van der Waals surface area contributed by atoms with Gasteiger partial charge in [0.2, 0.25) is 0 Å². The van der Waals surface area contributed by atoms with Crippen LogP contribution in [0.5, 0.6) is 0 Å². The fourth-order valence-electron chi connectivity index (χ4n) is 4.42. The van der Waals surface area contributed by atoms with Crippen molar-refractivity contribution < 1.29 is 40.8 Å². The van der Waals surface area contributed by atoms with Gasteiger partial charge in [-0.3, -0.25) is 4.55 Å². The van der Waals surface area contributed by atoms with Crippen LogP contribution in [0.4, 0.5) is 8.78 Å². The minimum absolute atomic E-state index is 0.0578. The van der Waals surface area contributed by atoms with Gasteiger partial charge in [0.25, 0.3) is 0 Å². The highest BCUT2D eigenvalue weighted by Gasteiger charge is 2.57. The van der Waals surface area contributed by atoms with Gasteiger partial charge in [-0.05, 0) is 64.7 Å². The minimum atomic E-state index is -5.91. The quantitative estimate of drug-likeness (QED) is 0.422. The SMILES string of the molecule is C=C(C)C(=O)OC1(C)CC2CC(C1)CC(C)(OC(=O)C(F)(F)S(=O)(=O)O)C2. The Morgan fingerprint density at radius 2 is 1.48 bits per heavy atom. The van der Waals surface area contributed by atoms with Crippen LogP contribution >= 0.6 is 0 Å². The van der Waals surface area contributed by atoms with Crippen LogP contribution in [-0.2, 0) is 29.2 Å². The van der Waals surface area contributed by atoms with Crippen LogP contribution in [0.2, 0.25) is 0 Å². The molecule has 27 heavy (non-hydrogen) atoms. The molecule has 0 spiro atoms. The van der Waals surface area contributed by atoms with Gasteiger partial charge in [-0.2, -0.15) is 17.2 Å². The van der Waals surface area contributed by atoms with E-state index in [1.807, 2.05) is 0 Å². The number of esters is 2.